The van der Waals surface area contributed by atoms with Crippen LogP contribution in [-0.4, -0.2) is 23.5 Å². The number of hydrogen-bond acceptors (Lipinski definition) is 3. The lowest BCUT2D eigenvalue weighted by Gasteiger charge is -2.17. The summed E-state index contributed by atoms with van der Waals surface area (Å²) in [5.41, 5.74) is 0. The van der Waals surface area contributed by atoms with Crippen LogP contribution in [0.2, 0.25) is 0 Å². The molecule has 5 heteroatoms. The molecule has 1 unspecified atom stereocenters. The van der Waals surface area contributed by atoms with Gasteiger partial charge in [-0.3, -0.25) is 9.59 Å². The van der Waals surface area contributed by atoms with E-state index in [2.05, 4.69) is 19.2 Å². The Hall–Kier alpha value is -1.36. The van der Waals surface area contributed by atoms with Gasteiger partial charge in [-0.2, -0.15) is 0 Å². The second kappa shape index (κ2) is 7.94. The molecule has 4 nitrogen and oxygen atoms in total. The quantitative estimate of drug-likeness (QED) is 0.770. The molecule has 0 fully saturated rings. The third-order valence-electron chi connectivity index (χ3n) is 2.77. The summed E-state index contributed by atoms with van der Waals surface area (Å²) >= 11 is 1.55. The number of hydrogen-bond donors (Lipinski definition) is 2. The first-order chi connectivity index (χ1) is 8.97. The summed E-state index contributed by atoms with van der Waals surface area (Å²) in [6.45, 7) is 4.55. The topological polar surface area (TPSA) is 66.4 Å². The number of aliphatic carboxylic acids is 1. The van der Waals surface area contributed by atoms with E-state index in [0.717, 1.165) is 11.3 Å². The van der Waals surface area contributed by atoms with Crippen molar-refractivity contribution in [3.63, 3.8) is 0 Å². The van der Waals surface area contributed by atoms with Gasteiger partial charge >= 0.3 is 5.97 Å². The molecule has 1 atom stereocenters. The number of carboxylic acids is 1. The zero-order chi connectivity index (χ0) is 14.3. The monoisotopic (exact) mass is 283 g/mol. The summed E-state index contributed by atoms with van der Waals surface area (Å²) in [6.07, 6.45) is 1.29. The number of carboxylic acid groups (broad SMARTS) is 1. The molecule has 0 radical (unpaired) electrons. The van der Waals surface area contributed by atoms with Crippen LogP contribution in [0.25, 0.3) is 0 Å². The Morgan fingerprint density at radius 1 is 1.42 bits per heavy atom. The predicted molar refractivity (Wildman–Crippen MR) is 76.2 cm³/mol. The fourth-order valence-corrected chi connectivity index (χ4v) is 2.75. The van der Waals surface area contributed by atoms with Crippen molar-refractivity contribution < 1.29 is 14.7 Å². The smallest absolute Gasteiger partial charge is 0.303 e. The molecule has 1 amide bonds. The Labute approximate surface area is 117 Å². The highest BCUT2D eigenvalue weighted by Gasteiger charge is 2.16. The molecule has 0 saturated carbocycles. The minimum absolute atomic E-state index is 0.00443. The van der Waals surface area contributed by atoms with Crippen molar-refractivity contribution >= 4 is 23.2 Å². The number of carbonyl (C=O) groups is 2. The van der Waals surface area contributed by atoms with E-state index < -0.39 is 5.97 Å². The Morgan fingerprint density at radius 3 is 2.68 bits per heavy atom. The molecule has 1 aromatic rings. The molecule has 1 rings (SSSR count). The van der Waals surface area contributed by atoms with Gasteiger partial charge in [0.05, 0.1) is 6.42 Å². The first-order valence-electron chi connectivity index (χ1n) is 6.48. The summed E-state index contributed by atoms with van der Waals surface area (Å²) in [5, 5.41) is 13.6. The second-order valence-corrected chi connectivity index (χ2v) is 6.19. The van der Waals surface area contributed by atoms with E-state index in [1.165, 1.54) is 0 Å². The molecule has 0 aliphatic rings. The first kappa shape index (κ1) is 15.7. The van der Waals surface area contributed by atoms with Crippen LogP contribution in [-0.2, 0) is 16.0 Å². The largest absolute Gasteiger partial charge is 0.481 e. The standard InChI is InChI=1S/C14H21NO3S/c1-10(2)6-11(7-14(17)18)9-15-13(16)8-12-4-3-5-19-12/h3-5,10-11H,6-9H2,1-2H3,(H,15,16)(H,17,18). The highest BCUT2D eigenvalue weighted by atomic mass is 32.1. The molecule has 106 valence electrons. The Balaban J connectivity index is 2.37. The van der Waals surface area contributed by atoms with Crippen molar-refractivity contribution in [3.05, 3.63) is 22.4 Å². The molecule has 0 bridgehead atoms. The van der Waals surface area contributed by atoms with Gasteiger partial charge in [0.15, 0.2) is 0 Å². The average molecular weight is 283 g/mol. The molecule has 19 heavy (non-hydrogen) atoms. The Kier molecular flexibility index (Phi) is 6.56. The van der Waals surface area contributed by atoms with Gasteiger partial charge in [0.1, 0.15) is 0 Å². The minimum Gasteiger partial charge on any atom is -0.481 e. The maximum absolute atomic E-state index is 11.7. The molecule has 1 aromatic heterocycles. The summed E-state index contributed by atoms with van der Waals surface area (Å²) in [6, 6.07) is 3.84. The van der Waals surface area contributed by atoms with Crippen LogP contribution < -0.4 is 5.32 Å². The number of nitrogens with one attached hydrogen (secondary N) is 1. The van der Waals surface area contributed by atoms with Crippen molar-refractivity contribution in [2.24, 2.45) is 11.8 Å². The zero-order valence-electron chi connectivity index (χ0n) is 11.4. The number of amides is 1. The van der Waals surface area contributed by atoms with E-state index in [4.69, 9.17) is 5.11 Å². The van der Waals surface area contributed by atoms with E-state index >= 15 is 0 Å². The predicted octanol–water partition coefficient (Wildman–Crippen LogP) is 2.54. The first-order valence-corrected chi connectivity index (χ1v) is 7.36. The third kappa shape index (κ3) is 6.96. The van der Waals surface area contributed by atoms with E-state index in [9.17, 15) is 9.59 Å². The van der Waals surface area contributed by atoms with Gasteiger partial charge in [0, 0.05) is 17.8 Å². The number of thiophene rings is 1. The average Bonchev–Trinajstić information content (AvgIpc) is 2.77. The van der Waals surface area contributed by atoms with Crippen LogP contribution in [0.4, 0.5) is 0 Å². The van der Waals surface area contributed by atoms with Crippen LogP contribution in [0.1, 0.15) is 31.6 Å². The van der Waals surface area contributed by atoms with E-state index in [1.807, 2.05) is 17.5 Å². The Morgan fingerprint density at radius 2 is 2.16 bits per heavy atom. The third-order valence-corrected chi connectivity index (χ3v) is 3.65. The number of carbonyl (C=O) groups excluding carboxylic acids is 1. The van der Waals surface area contributed by atoms with Crippen LogP contribution in [0, 0.1) is 11.8 Å². The van der Waals surface area contributed by atoms with E-state index in [0.29, 0.717) is 18.9 Å². The van der Waals surface area contributed by atoms with Crippen molar-refractivity contribution in [2.75, 3.05) is 6.54 Å². The summed E-state index contributed by atoms with van der Waals surface area (Å²) in [4.78, 5) is 23.5. The summed E-state index contributed by atoms with van der Waals surface area (Å²) in [7, 11) is 0. The van der Waals surface area contributed by atoms with Gasteiger partial charge in [0.25, 0.3) is 0 Å². The van der Waals surface area contributed by atoms with Crippen molar-refractivity contribution in [2.45, 2.75) is 33.1 Å². The minimum atomic E-state index is -0.807. The van der Waals surface area contributed by atoms with Gasteiger partial charge < -0.3 is 10.4 Å². The van der Waals surface area contributed by atoms with Crippen molar-refractivity contribution in [1.29, 1.82) is 0 Å². The van der Waals surface area contributed by atoms with Crippen LogP contribution in [0.3, 0.4) is 0 Å². The van der Waals surface area contributed by atoms with Crippen LogP contribution in [0.15, 0.2) is 17.5 Å². The van der Waals surface area contributed by atoms with Crippen LogP contribution in [0.5, 0.6) is 0 Å². The zero-order valence-corrected chi connectivity index (χ0v) is 12.2. The van der Waals surface area contributed by atoms with Gasteiger partial charge in [-0.15, -0.1) is 11.3 Å². The highest BCUT2D eigenvalue weighted by Crippen LogP contribution is 2.15. The fraction of sp³-hybridized carbons (Fsp3) is 0.571. The molecular weight excluding hydrogens is 262 g/mol. The van der Waals surface area contributed by atoms with E-state index in [1.54, 1.807) is 11.3 Å². The molecule has 0 spiro atoms. The molecular formula is C14H21NO3S. The highest BCUT2D eigenvalue weighted by molar-refractivity contribution is 7.10. The molecule has 2 N–H and O–H groups in total. The summed E-state index contributed by atoms with van der Waals surface area (Å²) in [5.74, 6) is -0.414. The van der Waals surface area contributed by atoms with E-state index in [-0.39, 0.29) is 18.2 Å². The lowest BCUT2D eigenvalue weighted by atomic mass is 9.94. The second-order valence-electron chi connectivity index (χ2n) is 5.15. The molecule has 0 aromatic carbocycles. The van der Waals surface area contributed by atoms with Gasteiger partial charge in [-0.1, -0.05) is 19.9 Å². The fourth-order valence-electron chi connectivity index (χ4n) is 2.04. The van der Waals surface area contributed by atoms with Crippen LogP contribution >= 0.6 is 11.3 Å². The molecule has 1 heterocycles. The van der Waals surface area contributed by atoms with Crippen molar-refractivity contribution in [3.8, 4) is 0 Å². The molecule has 0 aliphatic carbocycles. The van der Waals surface area contributed by atoms with Gasteiger partial charge in [-0.25, -0.2) is 0 Å². The normalized spacial score (nSPS) is 12.4. The van der Waals surface area contributed by atoms with Crippen molar-refractivity contribution in [1.82, 2.24) is 5.32 Å². The number of rotatable bonds is 8. The molecule has 0 saturated heterocycles. The SMILES string of the molecule is CC(C)CC(CNC(=O)Cc1cccs1)CC(=O)O. The maximum atomic E-state index is 11.7. The van der Waals surface area contributed by atoms with Gasteiger partial charge in [0.2, 0.25) is 5.91 Å². The molecule has 0 aliphatic heterocycles. The Bertz CT molecular complexity index is 401. The maximum Gasteiger partial charge on any atom is 0.303 e. The lowest BCUT2D eigenvalue weighted by molar-refractivity contribution is -0.138. The van der Waals surface area contributed by atoms with Gasteiger partial charge in [-0.05, 0) is 29.7 Å². The summed E-state index contributed by atoms with van der Waals surface area (Å²) < 4.78 is 0. The lowest BCUT2D eigenvalue weighted by Crippen LogP contribution is -2.31.